The Hall–Kier alpha value is -1.36. The summed E-state index contributed by atoms with van der Waals surface area (Å²) in [6, 6.07) is 2.39. The summed E-state index contributed by atoms with van der Waals surface area (Å²) >= 11 is 0. The molecule has 0 spiro atoms. The van der Waals surface area contributed by atoms with Crippen molar-refractivity contribution in [3.8, 4) is 11.5 Å². The Morgan fingerprint density at radius 2 is 1.88 bits per heavy atom. The quantitative estimate of drug-likeness (QED) is 0.842. The van der Waals surface area contributed by atoms with Crippen molar-refractivity contribution < 1.29 is 23.7 Å². The maximum Gasteiger partial charge on any atom is 0.267 e. The lowest BCUT2D eigenvalue weighted by Crippen LogP contribution is -2.16. The van der Waals surface area contributed by atoms with Crippen LogP contribution in [0.15, 0.2) is 12.1 Å². The first kappa shape index (κ1) is 12.7. The van der Waals surface area contributed by atoms with Crippen LogP contribution in [0, 0.1) is 0 Å². The van der Waals surface area contributed by atoms with Crippen molar-refractivity contribution in [2.75, 3.05) is 7.11 Å². The molecular formula is C11H14F2O3. The predicted molar refractivity (Wildman–Crippen MR) is 54.9 cm³/mol. The SMILES string of the molecule is COc1cc(C(F)F)c(O)c(C(C)(C)O)c1. The van der Waals surface area contributed by atoms with Crippen molar-refractivity contribution in [2.24, 2.45) is 0 Å². The molecule has 5 heteroatoms. The molecule has 0 bridgehead atoms. The Labute approximate surface area is 92.3 Å². The molecule has 0 saturated carbocycles. The van der Waals surface area contributed by atoms with Gasteiger partial charge < -0.3 is 14.9 Å². The minimum absolute atomic E-state index is 0.0159. The third kappa shape index (κ3) is 2.41. The van der Waals surface area contributed by atoms with Crippen LogP contribution in [0.1, 0.15) is 31.4 Å². The maximum atomic E-state index is 12.6. The van der Waals surface area contributed by atoms with Gasteiger partial charge in [0.25, 0.3) is 6.43 Å². The van der Waals surface area contributed by atoms with E-state index in [4.69, 9.17) is 4.74 Å². The summed E-state index contributed by atoms with van der Waals surface area (Å²) < 4.78 is 30.1. The van der Waals surface area contributed by atoms with Crippen LogP contribution in [0.5, 0.6) is 11.5 Å². The summed E-state index contributed by atoms with van der Waals surface area (Å²) in [4.78, 5) is 0. The highest BCUT2D eigenvalue weighted by molar-refractivity contribution is 5.49. The Kier molecular flexibility index (Phi) is 3.38. The van der Waals surface area contributed by atoms with Crippen molar-refractivity contribution in [3.05, 3.63) is 23.3 Å². The van der Waals surface area contributed by atoms with Crippen molar-refractivity contribution in [1.29, 1.82) is 0 Å². The molecule has 1 aromatic rings. The van der Waals surface area contributed by atoms with Crippen LogP contribution in [-0.4, -0.2) is 17.3 Å². The van der Waals surface area contributed by atoms with Crippen LogP contribution in [0.4, 0.5) is 8.78 Å². The van der Waals surface area contributed by atoms with Gasteiger partial charge in [-0.2, -0.15) is 0 Å². The van der Waals surface area contributed by atoms with E-state index in [1.54, 1.807) is 0 Å². The Morgan fingerprint density at radius 3 is 2.25 bits per heavy atom. The first-order valence-corrected chi connectivity index (χ1v) is 4.69. The highest BCUT2D eigenvalue weighted by Gasteiger charge is 2.26. The Morgan fingerprint density at radius 1 is 1.31 bits per heavy atom. The molecule has 1 rings (SSSR count). The number of phenolic OH excluding ortho intramolecular Hbond substituents is 1. The van der Waals surface area contributed by atoms with Crippen LogP contribution in [0.3, 0.4) is 0 Å². The fourth-order valence-corrected chi connectivity index (χ4v) is 1.38. The zero-order valence-electron chi connectivity index (χ0n) is 9.29. The molecule has 0 heterocycles. The van der Waals surface area contributed by atoms with Crippen LogP contribution >= 0.6 is 0 Å². The molecule has 90 valence electrons. The number of phenols is 1. The van der Waals surface area contributed by atoms with E-state index in [1.165, 1.54) is 27.0 Å². The van der Waals surface area contributed by atoms with E-state index < -0.39 is 23.3 Å². The van der Waals surface area contributed by atoms with E-state index in [0.717, 1.165) is 6.07 Å². The molecule has 0 aliphatic heterocycles. The lowest BCUT2D eigenvalue weighted by molar-refractivity contribution is 0.0742. The van der Waals surface area contributed by atoms with Crippen LogP contribution in [-0.2, 0) is 5.60 Å². The standard InChI is InChI=1S/C11H14F2O3/c1-11(2,15)8-5-6(16-3)4-7(9(8)14)10(12)13/h4-5,10,14-15H,1-3H3. The molecule has 0 amide bonds. The first-order valence-electron chi connectivity index (χ1n) is 4.69. The largest absolute Gasteiger partial charge is 0.507 e. The Bertz CT molecular complexity index is 384. The smallest absolute Gasteiger partial charge is 0.267 e. The summed E-state index contributed by atoms with van der Waals surface area (Å²) in [5.74, 6) is -0.423. The van der Waals surface area contributed by atoms with Gasteiger partial charge in [-0.15, -0.1) is 0 Å². The number of ether oxygens (including phenoxy) is 1. The van der Waals surface area contributed by atoms with E-state index in [2.05, 4.69) is 0 Å². The minimum Gasteiger partial charge on any atom is -0.507 e. The van der Waals surface area contributed by atoms with Gasteiger partial charge in [-0.05, 0) is 26.0 Å². The van der Waals surface area contributed by atoms with Gasteiger partial charge in [0.15, 0.2) is 0 Å². The van der Waals surface area contributed by atoms with Crippen LogP contribution in [0.2, 0.25) is 0 Å². The van der Waals surface area contributed by atoms with Gasteiger partial charge in [0.2, 0.25) is 0 Å². The molecule has 0 radical (unpaired) electrons. The Balaban J connectivity index is 3.44. The molecule has 16 heavy (non-hydrogen) atoms. The highest BCUT2D eigenvalue weighted by Crippen LogP contribution is 2.39. The molecule has 0 aliphatic carbocycles. The zero-order chi connectivity index (χ0) is 12.5. The predicted octanol–water partition coefficient (Wildman–Crippen LogP) is 2.57. The summed E-state index contributed by atoms with van der Waals surface area (Å²) in [6.07, 6.45) is -2.82. The lowest BCUT2D eigenvalue weighted by atomic mass is 9.94. The summed E-state index contributed by atoms with van der Waals surface area (Å²) in [7, 11) is 1.33. The number of methoxy groups -OCH3 is 1. The van der Waals surface area contributed by atoms with Gasteiger partial charge in [0.05, 0.1) is 18.3 Å². The third-order valence-electron chi connectivity index (χ3n) is 2.24. The zero-order valence-corrected chi connectivity index (χ0v) is 9.29. The van der Waals surface area contributed by atoms with E-state index in [1.807, 2.05) is 0 Å². The van der Waals surface area contributed by atoms with E-state index in [0.29, 0.717) is 0 Å². The molecule has 0 saturated heterocycles. The average molecular weight is 232 g/mol. The molecule has 3 nitrogen and oxygen atoms in total. The van der Waals surface area contributed by atoms with Crippen molar-refractivity contribution in [1.82, 2.24) is 0 Å². The van der Waals surface area contributed by atoms with Crippen molar-refractivity contribution in [2.45, 2.75) is 25.9 Å². The fourth-order valence-electron chi connectivity index (χ4n) is 1.38. The lowest BCUT2D eigenvalue weighted by Gasteiger charge is -2.21. The van der Waals surface area contributed by atoms with Gasteiger partial charge in [-0.3, -0.25) is 0 Å². The van der Waals surface area contributed by atoms with Gasteiger partial charge in [-0.25, -0.2) is 8.78 Å². The number of aliphatic hydroxyl groups is 1. The number of rotatable bonds is 3. The van der Waals surface area contributed by atoms with Crippen LogP contribution < -0.4 is 4.74 Å². The monoisotopic (exact) mass is 232 g/mol. The van der Waals surface area contributed by atoms with Gasteiger partial charge >= 0.3 is 0 Å². The number of halogens is 2. The topological polar surface area (TPSA) is 49.7 Å². The van der Waals surface area contributed by atoms with Gasteiger partial charge in [0.1, 0.15) is 11.5 Å². The molecule has 0 unspecified atom stereocenters. The number of alkyl halides is 2. The summed E-state index contributed by atoms with van der Waals surface area (Å²) in [5, 5.41) is 19.4. The molecule has 0 atom stereocenters. The molecular weight excluding hydrogens is 218 g/mol. The second-order valence-corrected chi connectivity index (χ2v) is 3.97. The van der Waals surface area contributed by atoms with E-state index in [-0.39, 0.29) is 11.3 Å². The molecule has 1 aromatic carbocycles. The number of aromatic hydroxyl groups is 1. The molecule has 0 aromatic heterocycles. The molecule has 0 aliphatic rings. The van der Waals surface area contributed by atoms with Crippen molar-refractivity contribution >= 4 is 0 Å². The molecule has 2 N–H and O–H groups in total. The normalized spacial score (nSPS) is 11.9. The van der Waals surface area contributed by atoms with Gasteiger partial charge in [0, 0.05) is 5.56 Å². The number of hydrogen-bond donors (Lipinski definition) is 2. The van der Waals surface area contributed by atoms with Crippen molar-refractivity contribution in [3.63, 3.8) is 0 Å². The van der Waals surface area contributed by atoms with Crippen LogP contribution in [0.25, 0.3) is 0 Å². The summed E-state index contributed by atoms with van der Waals surface area (Å²) in [6.45, 7) is 2.80. The van der Waals surface area contributed by atoms with E-state index in [9.17, 15) is 19.0 Å². The summed E-state index contributed by atoms with van der Waals surface area (Å²) in [5.41, 5.74) is -1.94. The number of hydrogen-bond acceptors (Lipinski definition) is 3. The second kappa shape index (κ2) is 4.25. The third-order valence-corrected chi connectivity index (χ3v) is 2.24. The average Bonchev–Trinajstić information content (AvgIpc) is 2.15. The molecule has 0 fully saturated rings. The first-order chi connectivity index (χ1) is 7.27. The van der Waals surface area contributed by atoms with Gasteiger partial charge in [-0.1, -0.05) is 0 Å². The fraction of sp³-hybridized carbons (Fsp3) is 0.455. The minimum atomic E-state index is -2.82. The highest BCUT2D eigenvalue weighted by atomic mass is 19.3. The second-order valence-electron chi connectivity index (χ2n) is 3.97. The van der Waals surface area contributed by atoms with E-state index >= 15 is 0 Å². The number of benzene rings is 1. The maximum absolute atomic E-state index is 12.6.